The van der Waals surface area contributed by atoms with Crippen molar-refractivity contribution in [2.75, 3.05) is 6.54 Å². The van der Waals surface area contributed by atoms with E-state index in [9.17, 15) is 13.5 Å². The molecule has 0 fully saturated rings. The minimum absolute atomic E-state index is 0.0791. The Bertz CT molecular complexity index is 962. The van der Waals surface area contributed by atoms with Gasteiger partial charge in [0.15, 0.2) is 0 Å². The van der Waals surface area contributed by atoms with E-state index < -0.39 is 16.1 Å². The molecule has 0 saturated heterocycles. The summed E-state index contributed by atoms with van der Waals surface area (Å²) in [5, 5.41) is 12.4. The van der Waals surface area contributed by atoms with Crippen molar-refractivity contribution >= 4 is 20.8 Å². The second kappa shape index (κ2) is 6.73. The summed E-state index contributed by atoms with van der Waals surface area (Å²) in [5.41, 5.74) is 1.58. The number of rotatable bonds is 5. The molecule has 5 heteroatoms. The maximum Gasteiger partial charge on any atom is 0.240 e. The summed E-state index contributed by atoms with van der Waals surface area (Å²) in [7, 11) is -3.65. The molecule has 124 valence electrons. The fraction of sp³-hybridized carbons (Fsp3) is 0.158. The molecule has 0 heterocycles. The van der Waals surface area contributed by atoms with E-state index >= 15 is 0 Å². The van der Waals surface area contributed by atoms with Crippen LogP contribution < -0.4 is 4.72 Å². The second-order valence-corrected chi connectivity index (χ2v) is 7.52. The Labute approximate surface area is 141 Å². The number of fused-ring (bicyclic) bond motifs is 1. The second-order valence-electron chi connectivity index (χ2n) is 5.75. The molecule has 0 spiro atoms. The van der Waals surface area contributed by atoms with Crippen LogP contribution in [0.15, 0.2) is 71.6 Å². The predicted octanol–water partition coefficient (Wildman–Crippen LogP) is 3.16. The van der Waals surface area contributed by atoms with E-state index in [1.807, 2.05) is 55.5 Å². The lowest BCUT2D eigenvalue weighted by atomic mass is 10.0. The zero-order chi connectivity index (χ0) is 17.2. The third-order valence-electron chi connectivity index (χ3n) is 3.95. The zero-order valence-corrected chi connectivity index (χ0v) is 14.1. The summed E-state index contributed by atoms with van der Waals surface area (Å²) in [6.45, 7) is 1.76. The molecule has 3 rings (SSSR count). The van der Waals surface area contributed by atoms with Crippen LogP contribution in [0, 0.1) is 6.92 Å². The van der Waals surface area contributed by atoms with Gasteiger partial charge in [0.2, 0.25) is 10.0 Å². The lowest BCUT2D eigenvalue weighted by Gasteiger charge is -2.15. The number of aliphatic hydroxyl groups is 1. The standard InChI is InChI=1S/C19H19NO3S/c1-14-6-4-9-16(12-14)24(22,23)20-13-19(21)18-11-5-8-15-7-2-3-10-17(15)18/h2-12,19-21H,13H2,1H3. The number of nitrogens with one attached hydrogen (secondary N) is 1. The Morgan fingerprint density at radius 3 is 2.50 bits per heavy atom. The van der Waals surface area contributed by atoms with Crippen LogP contribution in [-0.4, -0.2) is 20.1 Å². The van der Waals surface area contributed by atoms with Crippen LogP contribution in [0.2, 0.25) is 0 Å². The maximum absolute atomic E-state index is 12.4. The Balaban J connectivity index is 1.81. The van der Waals surface area contributed by atoms with Gasteiger partial charge in [0.25, 0.3) is 0 Å². The average Bonchev–Trinajstić information content (AvgIpc) is 2.59. The summed E-state index contributed by atoms with van der Waals surface area (Å²) in [6.07, 6.45) is -0.921. The fourth-order valence-electron chi connectivity index (χ4n) is 2.71. The molecular weight excluding hydrogens is 322 g/mol. The highest BCUT2D eigenvalue weighted by molar-refractivity contribution is 7.89. The first-order valence-electron chi connectivity index (χ1n) is 7.69. The predicted molar refractivity (Wildman–Crippen MR) is 95.3 cm³/mol. The van der Waals surface area contributed by atoms with Gasteiger partial charge in [-0.05, 0) is 41.0 Å². The molecule has 0 saturated carbocycles. The molecule has 3 aromatic carbocycles. The lowest BCUT2D eigenvalue weighted by molar-refractivity contribution is 0.183. The summed E-state index contributed by atoms with van der Waals surface area (Å²) in [6, 6.07) is 20.0. The van der Waals surface area contributed by atoms with Crippen LogP contribution in [0.1, 0.15) is 17.2 Å². The van der Waals surface area contributed by atoms with Crippen molar-refractivity contribution in [2.45, 2.75) is 17.9 Å². The van der Waals surface area contributed by atoms with Gasteiger partial charge >= 0.3 is 0 Å². The molecule has 2 N–H and O–H groups in total. The number of hydrogen-bond acceptors (Lipinski definition) is 3. The third kappa shape index (κ3) is 3.48. The molecule has 24 heavy (non-hydrogen) atoms. The third-order valence-corrected chi connectivity index (χ3v) is 5.37. The fourth-order valence-corrected chi connectivity index (χ4v) is 3.85. The van der Waals surface area contributed by atoms with Gasteiger partial charge in [-0.2, -0.15) is 0 Å². The van der Waals surface area contributed by atoms with Gasteiger partial charge < -0.3 is 5.11 Å². The normalized spacial score (nSPS) is 13.1. The average molecular weight is 341 g/mol. The monoisotopic (exact) mass is 341 g/mol. The summed E-state index contributed by atoms with van der Waals surface area (Å²) >= 11 is 0. The van der Waals surface area contributed by atoms with Gasteiger partial charge in [-0.25, -0.2) is 13.1 Å². The van der Waals surface area contributed by atoms with Crippen LogP contribution in [0.5, 0.6) is 0 Å². The molecule has 4 nitrogen and oxygen atoms in total. The van der Waals surface area contributed by atoms with Crippen LogP contribution >= 0.6 is 0 Å². The molecule has 1 unspecified atom stereocenters. The van der Waals surface area contributed by atoms with Gasteiger partial charge in [0.05, 0.1) is 11.0 Å². The maximum atomic E-state index is 12.4. The van der Waals surface area contributed by atoms with Crippen molar-refractivity contribution in [2.24, 2.45) is 0 Å². The Morgan fingerprint density at radius 2 is 1.71 bits per heavy atom. The highest BCUT2D eigenvalue weighted by Crippen LogP contribution is 2.24. The van der Waals surface area contributed by atoms with Crippen molar-refractivity contribution in [3.63, 3.8) is 0 Å². The van der Waals surface area contributed by atoms with Crippen molar-refractivity contribution in [1.82, 2.24) is 4.72 Å². The quantitative estimate of drug-likeness (QED) is 0.749. The Morgan fingerprint density at radius 1 is 1.00 bits per heavy atom. The molecule has 0 aliphatic carbocycles. The van der Waals surface area contributed by atoms with Crippen molar-refractivity contribution < 1.29 is 13.5 Å². The number of aliphatic hydroxyl groups excluding tert-OH is 1. The van der Waals surface area contributed by atoms with Gasteiger partial charge in [-0.1, -0.05) is 54.6 Å². The summed E-state index contributed by atoms with van der Waals surface area (Å²) in [5.74, 6) is 0. The molecule has 1 atom stereocenters. The van der Waals surface area contributed by atoms with Gasteiger partial charge in [-0.15, -0.1) is 0 Å². The van der Waals surface area contributed by atoms with E-state index in [1.165, 1.54) is 0 Å². The minimum Gasteiger partial charge on any atom is -0.387 e. The van der Waals surface area contributed by atoms with E-state index in [0.29, 0.717) is 5.56 Å². The molecule has 0 aliphatic heterocycles. The molecule has 0 aromatic heterocycles. The van der Waals surface area contributed by atoms with Gasteiger partial charge in [-0.3, -0.25) is 0 Å². The van der Waals surface area contributed by atoms with E-state index in [0.717, 1.165) is 16.3 Å². The zero-order valence-electron chi connectivity index (χ0n) is 13.3. The number of aryl methyl sites for hydroxylation is 1. The number of hydrogen-bond donors (Lipinski definition) is 2. The van der Waals surface area contributed by atoms with E-state index in [1.54, 1.807) is 18.2 Å². The summed E-state index contributed by atoms with van der Waals surface area (Å²) < 4.78 is 27.2. The van der Waals surface area contributed by atoms with E-state index in [4.69, 9.17) is 0 Å². The minimum atomic E-state index is -3.65. The van der Waals surface area contributed by atoms with Gasteiger partial charge in [0.1, 0.15) is 0 Å². The van der Waals surface area contributed by atoms with Crippen LogP contribution in [0.4, 0.5) is 0 Å². The Kier molecular flexibility index (Phi) is 4.66. The van der Waals surface area contributed by atoms with Crippen molar-refractivity contribution in [1.29, 1.82) is 0 Å². The van der Waals surface area contributed by atoms with E-state index in [-0.39, 0.29) is 11.4 Å². The Hall–Kier alpha value is -2.21. The number of sulfonamides is 1. The molecule has 0 bridgehead atoms. The molecule has 0 amide bonds. The smallest absolute Gasteiger partial charge is 0.240 e. The van der Waals surface area contributed by atoms with Crippen LogP contribution in [-0.2, 0) is 10.0 Å². The van der Waals surface area contributed by atoms with Crippen molar-refractivity contribution in [3.8, 4) is 0 Å². The molecular formula is C19H19NO3S. The van der Waals surface area contributed by atoms with Crippen LogP contribution in [0.25, 0.3) is 10.8 Å². The van der Waals surface area contributed by atoms with Crippen molar-refractivity contribution in [3.05, 3.63) is 77.9 Å². The van der Waals surface area contributed by atoms with Crippen LogP contribution in [0.3, 0.4) is 0 Å². The topological polar surface area (TPSA) is 66.4 Å². The highest BCUT2D eigenvalue weighted by atomic mass is 32.2. The first-order valence-corrected chi connectivity index (χ1v) is 9.18. The molecule has 0 aliphatic rings. The molecule has 0 radical (unpaired) electrons. The highest BCUT2D eigenvalue weighted by Gasteiger charge is 2.17. The SMILES string of the molecule is Cc1cccc(S(=O)(=O)NCC(O)c2cccc3ccccc23)c1. The van der Waals surface area contributed by atoms with E-state index in [2.05, 4.69) is 4.72 Å². The first-order chi connectivity index (χ1) is 11.5. The largest absolute Gasteiger partial charge is 0.387 e. The first kappa shape index (κ1) is 16.6. The summed E-state index contributed by atoms with van der Waals surface area (Å²) in [4.78, 5) is 0.201. The van der Waals surface area contributed by atoms with Gasteiger partial charge in [0, 0.05) is 6.54 Å². The lowest BCUT2D eigenvalue weighted by Crippen LogP contribution is -2.28. The molecule has 3 aromatic rings. The number of benzene rings is 3.